The number of pyridine rings is 1. The van der Waals surface area contributed by atoms with Crippen molar-refractivity contribution in [1.82, 2.24) is 14.8 Å². The van der Waals surface area contributed by atoms with E-state index in [1.54, 1.807) is 13.2 Å². The van der Waals surface area contributed by atoms with Crippen LogP contribution >= 0.6 is 0 Å². The van der Waals surface area contributed by atoms with Crippen molar-refractivity contribution < 1.29 is 14.3 Å². The molecule has 0 unspecified atom stereocenters. The van der Waals surface area contributed by atoms with Crippen molar-refractivity contribution in [2.45, 2.75) is 25.5 Å². The largest absolute Gasteiger partial charge is 0.497 e. The molecule has 0 bridgehead atoms. The molecule has 0 atom stereocenters. The number of hydrogen-bond acceptors (Lipinski definition) is 6. The molecule has 1 amide bonds. The second-order valence-corrected chi connectivity index (χ2v) is 9.85. The highest BCUT2D eigenvalue weighted by Crippen LogP contribution is 2.22. The minimum Gasteiger partial charge on any atom is -0.497 e. The molecule has 2 aliphatic rings. The number of carbonyl (C=O) groups is 1. The Balaban J connectivity index is 1.06. The molecule has 2 aliphatic heterocycles. The number of methoxy groups -OCH3 is 1. The van der Waals surface area contributed by atoms with Crippen molar-refractivity contribution in [2.24, 2.45) is 0 Å². The Morgan fingerprint density at radius 3 is 2.42 bits per heavy atom. The third kappa shape index (κ3) is 6.92. The SMILES string of the molecule is COc1ccc(/C=C/C(=O)N2CCC(Oc3cccc(CN4CCN(c5ccccn5)CC4)c3)CC2)cc1. The molecule has 5 rings (SSSR count). The molecule has 198 valence electrons. The fraction of sp³-hybridized carbons (Fsp3) is 0.355. The first-order chi connectivity index (χ1) is 18.7. The summed E-state index contributed by atoms with van der Waals surface area (Å²) in [6.45, 7) is 6.33. The Hall–Kier alpha value is -3.84. The van der Waals surface area contributed by atoms with Crippen LogP contribution in [-0.2, 0) is 11.3 Å². The van der Waals surface area contributed by atoms with Crippen LogP contribution in [0.3, 0.4) is 0 Å². The molecular weight excluding hydrogens is 476 g/mol. The predicted octanol–water partition coefficient (Wildman–Crippen LogP) is 4.50. The highest BCUT2D eigenvalue weighted by Gasteiger charge is 2.23. The first kappa shape index (κ1) is 25.8. The molecule has 2 fully saturated rings. The fourth-order valence-electron chi connectivity index (χ4n) is 5.03. The summed E-state index contributed by atoms with van der Waals surface area (Å²) in [5.41, 5.74) is 2.25. The Kier molecular flexibility index (Phi) is 8.56. The maximum atomic E-state index is 12.7. The highest BCUT2D eigenvalue weighted by molar-refractivity contribution is 5.91. The van der Waals surface area contributed by atoms with Crippen molar-refractivity contribution in [3.63, 3.8) is 0 Å². The molecule has 0 spiro atoms. The van der Waals surface area contributed by atoms with Gasteiger partial charge in [-0.15, -0.1) is 0 Å². The van der Waals surface area contributed by atoms with Crippen LogP contribution in [0.5, 0.6) is 11.5 Å². The second-order valence-electron chi connectivity index (χ2n) is 9.85. The van der Waals surface area contributed by atoms with E-state index in [2.05, 4.69) is 39.0 Å². The lowest BCUT2D eigenvalue weighted by Crippen LogP contribution is -2.46. The smallest absolute Gasteiger partial charge is 0.246 e. The van der Waals surface area contributed by atoms with E-state index >= 15 is 0 Å². The summed E-state index contributed by atoms with van der Waals surface area (Å²) in [5.74, 6) is 2.83. The number of piperazine rings is 1. The topological polar surface area (TPSA) is 58.1 Å². The first-order valence-electron chi connectivity index (χ1n) is 13.4. The number of ether oxygens (including phenoxy) is 2. The van der Waals surface area contributed by atoms with Gasteiger partial charge in [-0.2, -0.15) is 0 Å². The van der Waals surface area contributed by atoms with E-state index in [1.165, 1.54) is 5.56 Å². The molecule has 0 aliphatic carbocycles. The van der Waals surface area contributed by atoms with Crippen LogP contribution in [0.25, 0.3) is 6.08 Å². The number of hydrogen-bond donors (Lipinski definition) is 0. The van der Waals surface area contributed by atoms with Crippen molar-refractivity contribution >= 4 is 17.8 Å². The second kappa shape index (κ2) is 12.6. The van der Waals surface area contributed by atoms with Gasteiger partial charge in [0, 0.05) is 70.9 Å². The third-order valence-electron chi connectivity index (χ3n) is 7.24. The number of amides is 1. The van der Waals surface area contributed by atoms with Crippen LogP contribution in [0.4, 0.5) is 5.82 Å². The molecule has 7 heteroatoms. The number of aromatic nitrogens is 1. The Morgan fingerprint density at radius 2 is 1.71 bits per heavy atom. The maximum Gasteiger partial charge on any atom is 0.246 e. The Labute approximate surface area is 225 Å². The normalized spacial score (nSPS) is 17.1. The number of anilines is 1. The quantitative estimate of drug-likeness (QED) is 0.415. The van der Waals surface area contributed by atoms with Gasteiger partial charge in [-0.25, -0.2) is 4.98 Å². The van der Waals surface area contributed by atoms with Gasteiger partial charge in [0.2, 0.25) is 5.91 Å². The molecule has 2 saturated heterocycles. The summed E-state index contributed by atoms with van der Waals surface area (Å²) in [6, 6.07) is 22.2. The average Bonchev–Trinajstić information content (AvgIpc) is 2.97. The molecular formula is C31H36N4O3. The number of rotatable bonds is 8. The van der Waals surface area contributed by atoms with Gasteiger partial charge < -0.3 is 19.3 Å². The van der Waals surface area contributed by atoms with Crippen molar-refractivity contribution in [1.29, 1.82) is 0 Å². The molecule has 2 aromatic carbocycles. The number of benzene rings is 2. The van der Waals surface area contributed by atoms with Crippen LogP contribution in [0, 0.1) is 0 Å². The average molecular weight is 513 g/mol. The molecule has 1 aromatic heterocycles. The lowest BCUT2D eigenvalue weighted by atomic mass is 10.1. The van der Waals surface area contributed by atoms with Gasteiger partial charge in [0.15, 0.2) is 0 Å². The van der Waals surface area contributed by atoms with Crippen molar-refractivity contribution in [3.8, 4) is 11.5 Å². The Bertz CT molecular complexity index is 1200. The highest BCUT2D eigenvalue weighted by atomic mass is 16.5. The zero-order valence-corrected chi connectivity index (χ0v) is 22.0. The number of nitrogens with zero attached hydrogens (tertiary/aromatic N) is 4. The molecule has 7 nitrogen and oxygen atoms in total. The van der Waals surface area contributed by atoms with E-state index in [0.717, 1.165) is 68.4 Å². The summed E-state index contributed by atoms with van der Waals surface area (Å²) in [6.07, 6.45) is 7.16. The van der Waals surface area contributed by atoms with E-state index in [4.69, 9.17) is 9.47 Å². The van der Waals surface area contributed by atoms with Crippen molar-refractivity contribution in [2.75, 3.05) is 51.3 Å². The number of carbonyl (C=O) groups excluding carboxylic acids is 1. The van der Waals surface area contributed by atoms with Crippen molar-refractivity contribution in [3.05, 3.63) is 90.1 Å². The van der Waals surface area contributed by atoms with Gasteiger partial charge >= 0.3 is 0 Å². The van der Waals surface area contributed by atoms with E-state index in [-0.39, 0.29) is 12.0 Å². The molecule has 3 heterocycles. The van der Waals surface area contributed by atoms with E-state index in [9.17, 15) is 4.79 Å². The molecule has 0 radical (unpaired) electrons. The van der Waals surface area contributed by atoms with Gasteiger partial charge in [-0.3, -0.25) is 9.69 Å². The zero-order valence-electron chi connectivity index (χ0n) is 22.0. The Morgan fingerprint density at radius 1 is 0.921 bits per heavy atom. The van der Waals surface area contributed by atoms with E-state index in [1.807, 2.05) is 59.6 Å². The fourth-order valence-corrected chi connectivity index (χ4v) is 5.03. The summed E-state index contributed by atoms with van der Waals surface area (Å²) in [7, 11) is 1.64. The zero-order chi connectivity index (χ0) is 26.2. The van der Waals surface area contributed by atoms with Crippen LogP contribution in [-0.4, -0.2) is 73.2 Å². The standard InChI is InChI=1S/C31H36N4O3/c1-37-27-11-8-25(9-12-27)10-13-31(36)35-17-14-28(15-18-35)38-29-6-4-5-26(23-29)24-33-19-21-34(22-20-33)30-7-2-3-16-32-30/h2-13,16,23,28H,14-15,17-22,24H2,1H3/b13-10+. The lowest BCUT2D eigenvalue weighted by molar-refractivity contribution is -0.127. The third-order valence-corrected chi connectivity index (χ3v) is 7.24. The van der Waals surface area contributed by atoms with Crippen LogP contribution in [0.1, 0.15) is 24.0 Å². The molecule has 3 aromatic rings. The van der Waals surface area contributed by atoms with E-state index < -0.39 is 0 Å². The first-order valence-corrected chi connectivity index (χ1v) is 13.4. The van der Waals surface area contributed by atoms with Gasteiger partial charge in [-0.05, 0) is 53.6 Å². The number of piperidine rings is 1. The van der Waals surface area contributed by atoms with Crippen LogP contribution in [0.15, 0.2) is 79.0 Å². The summed E-state index contributed by atoms with van der Waals surface area (Å²) in [4.78, 5) is 23.9. The summed E-state index contributed by atoms with van der Waals surface area (Å²) < 4.78 is 11.5. The summed E-state index contributed by atoms with van der Waals surface area (Å²) in [5, 5.41) is 0. The van der Waals surface area contributed by atoms with Gasteiger partial charge in [0.05, 0.1) is 7.11 Å². The number of likely N-dealkylation sites (tertiary alicyclic amines) is 1. The molecule has 38 heavy (non-hydrogen) atoms. The van der Waals surface area contributed by atoms with E-state index in [0.29, 0.717) is 13.1 Å². The summed E-state index contributed by atoms with van der Waals surface area (Å²) >= 11 is 0. The molecule has 0 N–H and O–H groups in total. The minimum atomic E-state index is 0.0457. The lowest BCUT2D eigenvalue weighted by Gasteiger charge is -2.35. The van der Waals surface area contributed by atoms with Crippen LogP contribution < -0.4 is 14.4 Å². The maximum absolute atomic E-state index is 12.7. The van der Waals surface area contributed by atoms with Gasteiger partial charge in [0.25, 0.3) is 0 Å². The molecule has 0 saturated carbocycles. The van der Waals surface area contributed by atoms with Crippen LogP contribution in [0.2, 0.25) is 0 Å². The predicted molar refractivity (Wildman–Crippen MR) is 150 cm³/mol. The van der Waals surface area contributed by atoms with Gasteiger partial charge in [-0.1, -0.05) is 30.3 Å². The monoisotopic (exact) mass is 512 g/mol. The minimum absolute atomic E-state index is 0.0457. The van der Waals surface area contributed by atoms with Gasteiger partial charge in [0.1, 0.15) is 23.4 Å².